The molecule has 7 aliphatic heterocycles. The highest BCUT2D eigenvalue weighted by Crippen LogP contribution is 2.39. The van der Waals surface area contributed by atoms with Crippen LogP contribution in [0.1, 0.15) is 34.6 Å². The molecule has 7 rings (SSSR count). The van der Waals surface area contributed by atoms with Crippen LogP contribution in [-0.2, 0) is 80.6 Å². The average Bonchev–Trinajstić information content (AvgIpc) is 3.39. The van der Waals surface area contributed by atoms with Gasteiger partial charge < -0.3 is 152 Å². The highest BCUT2D eigenvalue weighted by Gasteiger charge is 2.59. The fourth-order valence-electron chi connectivity index (χ4n) is 10.3. The van der Waals surface area contributed by atoms with Gasteiger partial charge in [0.1, 0.15) is 134 Å². The van der Waals surface area contributed by atoms with Crippen LogP contribution >= 0.6 is 0 Å². The minimum absolute atomic E-state index is 0.600. The van der Waals surface area contributed by atoms with Gasteiger partial charge in [0.2, 0.25) is 0 Å². The molecule has 34 atom stereocenters. The highest BCUT2D eigenvalue weighted by atomic mass is 16.8. The first kappa shape index (κ1) is 62.9. The summed E-state index contributed by atoms with van der Waals surface area (Å²) in [7, 11) is 2.33. The molecule has 32 nitrogen and oxygen atoms in total. The quantitative estimate of drug-likeness (QED) is 0.0601. The third kappa shape index (κ3) is 13.2. The van der Waals surface area contributed by atoms with Gasteiger partial charge in [0, 0.05) is 21.1 Å². The van der Waals surface area contributed by atoms with Crippen LogP contribution in [0.25, 0.3) is 0 Å². The van der Waals surface area contributed by atoms with Crippen LogP contribution < -0.4 is 0 Å². The summed E-state index contributed by atoms with van der Waals surface area (Å²) in [5, 5.41) is 165. The number of ether oxygens (including phenoxy) is 16. The summed E-state index contributed by atoms with van der Waals surface area (Å²) < 4.78 is 93.1. The highest BCUT2D eigenvalue weighted by molar-refractivity contribution is 5.66. The maximum atomic E-state index is 11.9. The molecular formula is C45H76O32. The van der Waals surface area contributed by atoms with E-state index < -0.39 is 235 Å². The first-order chi connectivity index (χ1) is 36.4. The van der Waals surface area contributed by atoms with Crippen molar-refractivity contribution in [2.24, 2.45) is 0 Å². The lowest BCUT2D eigenvalue weighted by molar-refractivity contribution is -0.409. The van der Waals surface area contributed by atoms with E-state index in [1.54, 1.807) is 0 Å². The molecule has 0 amide bonds. The third-order valence-electron chi connectivity index (χ3n) is 14.8. The van der Waals surface area contributed by atoms with E-state index in [0.717, 1.165) is 14.0 Å². The van der Waals surface area contributed by atoms with Crippen LogP contribution in [0.2, 0.25) is 0 Å². The summed E-state index contributed by atoms with van der Waals surface area (Å²) in [4.78, 5) is 11.8. The first-order valence-electron chi connectivity index (χ1n) is 25.1. The van der Waals surface area contributed by atoms with Gasteiger partial charge in [-0.1, -0.05) is 0 Å². The smallest absolute Gasteiger partial charge is 0.303 e. The van der Waals surface area contributed by atoms with E-state index in [9.17, 15) is 81.4 Å². The summed E-state index contributed by atoms with van der Waals surface area (Å²) in [5.41, 5.74) is 0. The minimum atomic E-state index is -2.10. The van der Waals surface area contributed by atoms with E-state index in [2.05, 4.69) is 0 Å². The molecule has 7 heterocycles. The van der Waals surface area contributed by atoms with Gasteiger partial charge in [0.05, 0.1) is 44.2 Å². The molecule has 15 N–H and O–H groups in total. The van der Waals surface area contributed by atoms with E-state index in [4.69, 9.17) is 75.8 Å². The Morgan fingerprint density at radius 2 is 0.792 bits per heavy atom. The average molecular weight is 1130 g/mol. The molecule has 7 fully saturated rings. The normalized spacial score (nSPS) is 53.0. The van der Waals surface area contributed by atoms with Crippen molar-refractivity contribution in [3.05, 3.63) is 0 Å². The number of carbonyl (C=O) groups excluding carboxylic acids is 1. The van der Waals surface area contributed by atoms with Gasteiger partial charge in [-0.15, -0.1) is 0 Å². The molecule has 7 saturated heterocycles. The van der Waals surface area contributed by atoms with Gasteiger partial charge in [0.15, 0.2) is 50.1 Å². The van der Waals surface area contributed by atoms with Crippen molar-refractivity contribution in [3.63, 3.8) is 0 Å². The minimum Gasteiger partial charge on any atom is -0.457 e. The molecule has 0 unspecified atom stereocenters. The summed E-state index contributed by atoms with van der Waals surface area (Å²) in [5.74, 6) is -0.729. The van der Waals surface area contributed by atoms with E-state index in [1.807, 2.05) is 0 Å². The zero-order valence-electron chi connectivity index (χ0n) is 42.9. The lowest BCUT2D eigenvalue weighted by atomic mass is 9.95. The van der Waals surface area contributed by atoms with Crippen molar-refractivity contribution < 1.29 is 157 Å². The van der Waals surface area contributed by atoms with Crippen LogP contribution in [0, 0.1) is 0 Å². The lowest BCUT2D eigenvalue weighted by Crippen LogP contribution is -2.69. The Labute approximate surface area is 440 Å². The number of aliphatic hydroxyl groups excluding tert-OH is 15. The van der Waals surface area contributed by atoms with Crippen molar-refractivity contribution in [1.82, 2.24) is 0 Å². The number of carbonyl (C=O) groups is 1. The van der Waals surface area contributed by atoms with Crippen LogP contribution in [0.5, 0.6) is 0 Å². The topological polar surface area (TPSA) is 468 Å². The molecule has 448 valence electrons. The molecule has 0 spiro atoms. The zero-order valence-corrected chi connectivity index (χ0v) is 42.9. The molecule has 0 radical (unpaired) electrons. The molecule has 0 saturated carbocycles. The third-order valence-corrected chi connectivity index (χ3v) is 14.8. The molecule has 0 aromatic rings. The number of hydrogen-bond acceptors (Lipinski definition) is 32. The van der Waals surface area contributed by atoms with Gasteiger partial charge in [-0.25, -0.2) is 0 Å². The molecule has 32 heteroatoms. The SMILES string of the molecule is CO[C@@H]1[C@H](O[C@@H]2[C@@H](O)[C@H](O[C@@H]3[C@@H](O)[C@H](C)O[C@@H](O[C@@H]4[C@@H](O)[C@H](C)O[C@@H](O[C@@H]5[C@@H](O)[C@H](O[C@@H]6[C@@H](O)[C@H](C)O[C@@H](O)[C@@H]6O)O[C@H](CO)[C@H]5O)[C@@H]4O[C@@H]4OC[C@@H](O)[C@H](O)[C@H]4O)[C@@H]3OC)O[C@H](CO)[C@H]2O)O[C@@H](C)[C@@H](OC(C)=O)[C@H]1O. The Balaban J connectivity index is 1.15. The Bertz CT molecular complexity index is 1830. The summed E-state index contributed by atoms with van der Waals surface area (Å²) in [6, 6.07) is 0. The fourth-order valence-corrected chi connectivity index (χ4v) is 10.3. The standard InChI is InChI=1S/C45H76O32/c1-11-19(50)31(27(58)39(61)65-11)72-41-28(59)33(24(55)17(8-46)70-41)74-45-38(77-40-25(56)22(53)16(49)10-64-40)35(21(52)13(3)67-45)76-44-37(63-7)34(20(51)12(2)66-44)75-42-29(60)32(23(54)18(9-47)71-42)73-43-36(62-6)26(57)30(14(4)68-43)69-15(5)48/h11-14,16-47,49-61H,8-10H2,1-7H3/t11-,12-,13-,14-,16+,17+,18+,19-,20-,21-,22-,23+,24+,25+,26+,27+,28+,29+,30+,31+,32-,33-,34+,35+,36-,37+,38+,39+,40-,41-,42-,43-,44-,45-/m0/s1. The molecule has 7 aliphatic rings. The molecule has 0 aromatic heterocycles. The van der Waals surface area contributed by atoms with Gasteiger partial charge in [-0.05, 0) is 27.7 Å². The first-order valence-corrected chi connectivity index (χ1v) is 25.1. The Morgan fingerprint density at radius 1 is 0.390 bits per heavy atom. The molecule has 0 aromatic carbocycles. The number of rotatable bonds is 17. The maximum Gasteiger partial charge on any atom is 0.303 e. The second kappa shape index (κ2) is 26.7. The molecular weight excluding hydrogens is 1050 g/mol. The second-order valence-electron chi connectivity index (χ2n) is 20.1. The van der Waals surface area contributed by atoms with Crippen LogP contribution in [0.4, 0.5) is 0 Å². The van der Waals surface area contributed by atoms with Crippen LogP contribution in [0.15, 0.2) is 0 Å². The number of hydrogen-bond donors (Lipinski definition) is 15. The Morgan fingerprint density at radius 3 is 1.30 bits per heavy atom. The van der Waals surface area contributed by atoms with Gasteiger partial charge in [-0.3, -0.25) is 4.79 Å². The predicted octanol–water partition coefficient (Wildman–Crippen LogP) is -9.65. The van der Waals surface area contributed by atoms with Gasteiger partial charge in [-0.2, -0.15) is 0 Å². The summed E-state index contributed by atoms with van der Waals surface area (Å²) >= 11 is 0. The predicted molar refractivity (Wildman–Crippen MR) is 239 cm³/mol. The van der Waals surface area contributed by atoms with Crippen molar-refractivity contribution in [2.75, 3.05) is 34.0 Å². The van der Waals surface area contributed by atoms with Crippen molar-refractivity contribution in [2.45, 2.75) is 243 Å². The van der Waals surface area contributed by atoms with E-state index in [0.29, 0.717) is 0 Å². The maximum absolute atomic E-state index is 11.9. The van der Waals surface area contributed by atoms with Crippen molar-refractivity contribution >= 4 is 5.97 Å². The second-order valence-corrected chi connectivity index (χ2v) is 20.1. The molecule has 0 aliphatic carbocycles. The monoisotopic (exact) mass is 1130 g/mol. The lowest BCUT2D eigenvalue weighted by Gasteiger charge is -2.51. The number of methoxy groups -OCH3 is 2. The van der Waals surface area contributed by atoms with Crippen LogP contribution in [0.3, 0.4) is 0 Å². The number of esters is 1. The Kier molecular flexibility index (Phi) is 21.8. The zero-order chi connectivity index (χ0) is 56.6. The van der Waals surface area contributed by atoms with Crippen molar-refractivity contribution in [1.29, 1.82) is 0 Å². The van der Waals surface area contributed by atoms with E-state index in [-0.39, 0.29) is 0 Å². The number of aliphatic hydroxyl groups is 15. The largest absolute Gasteiger partial charge is 0.457 e. The fraction of sp³-hybridized carbons (Fsp3) is 0.978. The van der Waals surface area contributed by atoms with Gasteiger partial charge in [0.25, 0.3) is 0 Å². The van der Waals surface area contributed by atoms with E-state index >= 15 is 0 Å². The summed E-state index contributed by atoms with van der Waals surface area (Å²) in [6.07, 6.45) is -57.4. The Hall–Kier alpha value is -1.73. The summed E-state index contributed by atoms with van der Waals surface area (Å²) in [6.45, 7) is 4.24. The van der Waals surface area contributed by atoms with Gasteiger partial charge >= 0.3 is 5.97 Å². The van der Waals surface area contributed by atoms with Crippen molar-refractivity contribution in [3.8, 4) is 0 Å². The van der Waals surface area contributed by atoms with Crippen LogP contribution in [-0.4, -0.2) is 325 Å². The molecule has 77 heavy (non-hydrogen) atoms. The molecule has 0 bridgehead atoms. The van der Waals surface area contributed by atoms with E-state index in [1.165, 1.54) is 34.8 Å².